The van der Waals surface area contributed by atoms with E-state index in [1.54, 1.807) is 16.1 Å². The van der Waals surface area contributed by atoms with Crippen LogP contribution in [0.5, 0.6) is 0 Å². The van der Waals surface area contributed by atoms with Crippen molar-refractivity contribution < 1.29 is 4.39 Å². The molecule has 3 rings (SSSR count). The minimum atomic E-state index is -0.215. The summed E-state index contributed by atoms with van der Waals surface area (Å²) in [6.07, 6.45) is 1.74. The van der Waals surface area contributed by atoms with E-state index in [-0.39, 0.29) is 5.13 Å². The molecule has 0 spiro atoms. The van der Waals surface area contributed by atoms with Crippen molar-refractivity contribution in [1.29, 1.82) is 0 Å². The summed E-state index contributed by atoms with van der Waals surface area (Å²) in [5.41, 5.74) is 1.48. The number of thiophene rings is 1. The lowest BCUT2D eigenvalue weighted by atomic mass is 10.3. The van der Waals surface area contributed by atoms with Gasteiger partial charge in [0, 0.05) is 10.9 Å². The van der Waals surface area contributed by atoms with Crippen molar-refractivity contribution in [2.24, 2.45) is 0 Å². The van der Waals surface area contributed by atoms with Crippen LogP contribution < -0.4 is 0 Å². The molecule has 0 fully saturated rings. The first-order chi connectivity index (χ1) is 7.22. The number of imidazole rings is 1. The molecule has 0 saturated heterocycles. The molecule has 3 heterocycles. The van der Waals surface area contributed by atoms with Crippen LogP contribution in [0.25, 0.3) is 16.2 Å². The van der Waals surface area contributed by atoms with E-state index >= 15 is 0 Å². The normalized spacial score (nSPS) is 11.3. The van der Waals surface area contributed by atoms with Gasteiger partial charge in [-0.2, -0.15) is 4.39 Å². The van der Waals surface area contributed by atoms with Gasteiger partial charge in [-0.25, -0.2) is 9.50 Å². The van der Waals surface area contributed by atoms with Gasteiger partial charge in [0.15, 0.2) is 5.13 Å². The van der Waals surface area contributed by atoms with E-state index in [1.165, 1.54) is 17.4 Å². The number of rotatable bonds is 1. The highest BCUT2D eigenvalue weighted by Gasteiger charge is 2.09. The molecule has 0 amide bonds. The van der Waals surface area contributed by atoms with Crippen LogP contribution in [0.3, 0.4) is 0 Å². The predicted molar refractivity (Wildman–Crippen MR) is 59.1 cm³/mol. The van der Waals surface area contributed by atoms with Gasteiger partial charge in [-0.1, -0.05) is 11.3 Å². The average Bonchev–Trinajstić information content (AvgIpc) is 2.78. The van der Waals surface area contributed by atoms with Crippen LogP contribution in [0.2, 0.25) is 4.47 Å². The third-order valence-corrected chi connectivity index (χ3v) is 3.61. The largest absolute Gasteiger partial charge is 0.217 e. The summed E-state index contributed by atoms with van der Waals surface area (Å²) in [5.74, 6) is 0. The number of halogens is 2. The molecular weight excluding hydrogens is 257 g/mol. The number of fused-ring (bicyclic) bond motifs is 1. The monoisotopic (exact) mass is 259 g/mol. The molecule has 0 bridgehead atoms. The van der Waals surface area contributed by atoms with E-state index in [0.29, 0.717) is 15.1 Å². The Morgan fingerprint density at radius 3 is 3.00 bits per heavy atom. The van der Waals surface area contributed by atoms with Gasteiger partial charge in [-0.15, -0.1) is 16.4 Å². The van der Waals surface area contributed by atoms with Gasteiger partial charge in [0.25, 0.3) is 0 Å². The maximum atomic E-state index is 12.8. The molecule has 7 heteroatoms. The van der Waals surface area contributed by atoms with Gasteiger partial charge in [0.05, 0.1) is 11.9 Å². The summed E-state index contributed by atoms with van der Waals surface area (Å²) in [4.78, 5) is 5.00. The van der Waals surface area contributed by atoms with Crippen molar-refractivity contribution in [2.45, 2.75) is 0 Å². The summed E-state index contributed by atoms with van der Waals surface area (Å²) < 4.78 is 14.8. The molecule has 3 aromatic rings. The lowest BCUT2D eigenvalue weighted by Gasteiger charge is -1.85. The topological polar surface area (TPSA) is 30.2 Å². The molecule has 0 aliphatic rings. The predicted octanol–water partition coefficient (Wildman–Crippen LogP) is 3.31. The van der Waals surface area contributed by atoms with E-state index in [4.69, 9.17) is 11.6 Å². The third-order valence-electron chi connectivity index (χ3n) is 1.88. The standard InChI is InChI=1S/C8H3ClFN3S2/c9-7-12-13-2-5(11-8(13)15-7)4-1-6(10)14-3-4/h1-3H. The maximum absolute atomic E-state index is 12.8. The minimum Gasteiger partial charge on any atom is -0.217 e. The highest BCUT2D eigenvalue weighted by molar-refractivity contribution is 7.20. The van der Waals surface area contributed by atoms with Crippen molar-refractivity contribution in [3.05, 3.63) is 27.2 Å². The zero-order valence-corrected chi connectivity index (χ0v) is 9.54. The first-order valence-electron chi connectivity index (χ1n) is 3.98. The van der Waals surface area contributed by atoms with Gasteiger partial charge >= 0.3 is 0 Å². The number of nitrogens with zero attached hydrogens (tertiary/aromatic N) is 3. The van der Waals surface area contributed by atoms with E-state index < -0.39 is 0 Å². The van der Waals surface area contributed by atoms with Crippen molar-refractivity contribution in [2.75, 3.05) is 0 Å². The van der Waals surface area contributed by atoms with Crippen LogP contribution >= 0.6 is 34.3 Å². The molecule has 0 unspecified atom stereocenters. The lowest BCUT2D eigenvalue weighted by Crippen LogP contribution is -1.77. The quantitative estimate of drug-likeness (QED) is 0.671. The first-order valence-corrected chi connectivity index (χ1v) is 6.06. The average molecular weight is 260 g/mol. The van der Waals surface area contributed by atoms with Crippen LogP contribution in [-0.4, -0.2) is 14.6 Å². The van der Waals surface area contributed by atoms with E-state index in [2.05, 4.69) is 10.1 Å². The number of hydrogen-bond acceptors (Lipinski definition) is 4. The molecule has 0 aliphatic carbocycles. The fraction of sp³-hybridized carbons (Fsp3) is 0. The molecule has 0 atom stereocenters. The van der Waals surface area contributed by atoms with E-state index in [1.807, 2.05) is 0 Å². The maximum Gasteiger partial charge on any atom is 0.213 e. The van der Waals surface area contributed by atoms with Gasteiger partial charge in [0.1, 0.15) is 0 Å². The Bertz CT molecular complexity index is 595. The summed E-state index contributed by atoms with van der Waals surface area (Å²) in [7, 11) is 0. The third kappa shape index (κ3) is 1.54. The van der Waals surface area contributed by atoms with Gasteiger partial charge in [-0.3, -0.25) is 0 Å². The molecule has 3 nitrogen and oxygen atoms in total. The highest BCUT2D eigenvalue weighted by Crippen LogP contribution is 2.26. The second kappa shape index (κ2) is 3.26. The summed E-state index contributed by atoms with van der Waals surface area (Å²) in [6, 6.07) is 1.46. The Labute approximate surface area is 96.8 Å². The van der Waals surface area contributed by atoms with Crippen LogP contribution in [0.15, 0.2) is 17.6 Å². The van der Waals surface area contributed by atoms with Gasteiger partial charge in [-0.05, 0) is 17.7 Å². The molecule has 15 heavy (non-hydrogen) atoms. The van der Waals surface area contributed by atoms with Crippen molar-refractivity contribution in [3.63, 3.8) is 0 Å². The van der Waals surface area contributed by atoms with Crippen LogP contribution in [0.1, 0.15) is 0 Å². The summed E-state index contributed by atoms with van der Waals surface area (Å²) in [6.45, 7) is 0. The van der Waals surface area contributed by atoms with E-state index in [0.717, 1.165) is 16.9 Å². The lowest BCUT2D eigenvalue weighted by molar-refractivity contribution is 0.657. The number of hydrogen-bond donors (Lipinski definition) is 0. The zero-order chi connectivity index (χ0) is 10.4. The minimum absolute atomic E-state index is 0.215. The molecule has 3 aromatic heterocycles. The second-order valence-electron chi connectivity index (χ2n) is 2.85. The molecular formula is C8H3ClFN3S2. The summed E-state index contributed by atoms with van der Waals surface area (Å²) >= 11 is 8.06. The molecule has 0 aliphatic heterocycles. The van der Waals surface area contributed by atoms with Crippen molar-refractivity contribution in [1.82, 2.24) is 14.6 Å². The Kier molecular flexibility index (Phi) is 2.01. The fourth-order valence-electron chi connectivity index (χ4n) is 1.26. The molecule has 0 radical (unpaired) electrons. The van der Waals surface area contributed by atoms with Crippen LogP contribution in [0.4, 0.5) is 4.39 Å². The zero-order valence-electron chi connectivity index (χ0n) is 7.15. The highest BCUT2D eigenvalue weighted by atomic mass is 35.5. The first kappa shape index (κ1) is 9.26. The Morgan fingerprint density at radius 1 is 1.47 bits per heavy atom. The molecule has 0 N–H and O–H groups in total. The van der Waals surface area contributed by atoms with Crippen molar-refractivity contribution >= 4 is 39.2 Å². The Balaban J connectivity index is 2.15. The number of aromatic nitrogens is 3. The smallest absolute Gasteiger partial charge is 0.213 e. The van der Waals surface area contributed by atoms with E-state index in [9.17, 15) is 4.39 Å². The Hall–Kier alpha value is -0.980. The van der Waals surface area contributed by atoms with Gasteiger partial charge < -0.3 is 0 Å². The molecule has 0 saturated carbocycles. The fourth-order valence-corrected chi connectivity index (χ4v) is 2.78. The van der Waals surface area contributed by atoms with Crippen molar-refractivity contribution in [3.8, 4) is 11.3 Å². The molecule has 0 aromatic carbocycles. The Morgan fingerprint density at radius 2 is 2.33 bits per heavy atom. The van der Waals surface area contributed by atoms with Gasteiger partial charge in [0.2, 0.25) is 9.43 Å². The molecule has 76 valence electrons. The summed E-state index contributed by atoms with van der Waals surface area (Å²) in [5, 5.41) is 5.52. The van der Waals surface area contributed by atoms with Crippen LogP contribution in [-0.2, 0) is 0 Å². The second-order valence-corrected chi connectivity index (χ2v) is 5.25. The SMILES string of the molecule is Fc1cc(-c2cn3nc(Cl)sc3n2)cs1. The van der Waals surface area contributed by atoms with Crippen LogP contribution in [0, 0.1) is 5.13 Å².